The number of nitrogens with one attached hydrogen (secondary N) is 2. The quantitative estimate of drug-likeness (QED) is 0.288. The Hall–Kier alpha value is -4.36. The number of hydrogen-bond donors (Lipinski definition) is 2. The Morgan fingerprint density at radius 3 is 2.33 bits per heavy atom. The molecule has 214 valence electrons. The minimum absolute atomic E-state index is 0.261. The molecule has 0 aliphatic carbocycles. The molecule has 2 aliphatic rings. The molecule has 4 aromatic rings. The standard InChI is InChI=1S/C29H20F3N3O5S2/c30-29(31,32)18-8-4-5-9-19(18)35-26(37)22-21(23-25(34-28(39)42-23)41-24(22)27(35)38)15-10-12-17(13-11-15)40-14-20(36)33-16-6-2-1-3-7-16/h1-13,21-22,24H,14H2,(H,33,36)(H,34,39)/t21-,22?,24?/m1/s1. The number of ether oxygens (including phenoxy) is 1. The van der Waals surface area contributed by atoms with Crippen LogP contribution in [-0.2, 0) is 20.6 Å². The molecule has 3 aromatic carbocycles. The first-order valence-corrected chi connectivity index (χ1v) is 14.3. The van der Waals surface area contributed by atoms with Gasteiger partial charge in [0.1, 0.15) is 11.0 Å². The predicted octanol–water partition coefficient (Wildman–Crippen LogP) is 5.27. The highest BCUT2D eigenvalue weighted by atomic mass is 32.2. The van der Waals surface area contributed by atoms with E-state index in [4.69, 9.17) is 4.74 Å². The number of thioether (sulfide) groups is 1. The zero-order valence-corrected chi connectivity index (χ0v) is 23.0. The number of aromatic nitrogens is 1. The number of H-pyrrole nitrogens is 1. The molecule has 6 rings (SSSR count). The van der Waals surface area contributed by atoms with Crippen molar-refractivity contribution in [2.75, 3.05) is 16.8 Å². The van der Waals surface area contributed by atoms with E-state index >= 15 is 0 Å². The van der Waals surface area contributed by atoms with E-state index in [9.17, 15) is 32.3 Å². The molecule has 2 aliphatic heterocycles. The van der Waals surface area contributed by atoms with Crippen LogP contribution in [-0.4, -0.2) is 34.6 Å². The van der Waals surface area contributed by atoms with Gasteiger partial charge in [-0.15, -0.1) is 0 Å². The lowest BCUT2D eigenvalue weighted by atomic mass is 9.83. The molecule has 0 spiro atoms. The summed E-state index contributed by atoms with van der Waals surface area (Å²) >= 11 is 1.87. The number of hydrogen-bond acceptors (Lipinski definition) is 7. The van der Waals surface area contributed by atoms with Gasteiger partial charge >= 0.3 is 11.0 Å². The molecule has 42 heavy (non-hydrogen) atoms. The Balaban J connectivity index is 1.29. The molecule has 3 atom stereocenters. The second kappa shape index (κ2) is 10.8. The molecule has 0 radical (unpaired) electrons. The molecule has 3 amide bonds. The Labute approximate surface area is 244 Å². The van der Waals surface area contributed by atoms with Crippen molar-refractivity contribution in [1.82, 2.24) is 4.98 Å². The van der Waals surface area contributed by atoms with E-state index in [-0.39, 0.29) is 17.4 Å². The maximum atomic E-state index is 13.8. The van der Waals surface area contributed by atoms with Crippen molar-refractivity contribution < 1.29 is 32.3 Å². The Kier molecular flexibility index (Phi) is 7.15. The lowest BCUT2D eigenvalue weighted by Crippen LogP contribution is -2.33. The normalized spacial score (nSPS) is 19.8. The van der Waals surface area contributed by atoms with Crippen LogP contribution in [0.5, 0.6) is 5.75 Å². The van der Waals surface area contributed by atoms with Crippen LogP contribution in [0.2, 0.25) is 0 Å². The van der Waals surface area contributed by atoms with Crippen molar-refractivity contribution in [1.29, 1.82) is 0 Å². The summed E-state index contributed by atoms with van der Waals surface area (Å²) in [4.78, 5) is 55.3. The largest absolute Gasteiger partial charge is 0.484 e. The number of carbonyl (C=O) groups is 3. The second-order valence-electron chi connectivity index (χ2n) is 9.55. The summed E-state index contributed by atoms with van der Waals surface area (Å²) in [5.74, 6) is -3.38. The Bertz CT molecular complexity index is 1740. The third-order valence-electron chi connectivity index (χ3n) is 6.94. The lowest BCUT2D eigenvalue weighted by molar-refractivity contribution is -0.137. The van der Waals surface area contributed by atoms with E-state index in [2.05, 4.69) is 10.3 Å². The van der Waals surface area contributed by atoms with Crippen molar-refractivity contribution in [2.45, 2.75) is 22.4 Å². The molecule has 1 saturated heterocycles. The van der Waals surface area contributed by atoms with Crippen molar-refractivity contribution in [3.8, 4) is 5.75 Å². The number of amides is 3. The zero-order valence-electron chi connectivity index (χ0n) is 21.4. The molecule has 3 heterocycles. The van der Waals surface area contributed by atoms with Gasteiger partial charge in [-0.05, 0) is 42.0 Å². The van der Waals surface area contributed by atoms with Gasteiger partial charge in [0, 0.05) is 16.5 Å². The van der Waals surface area contributed by atoms with E-state index in [1.165, 1.54) is 12.1 Å². The third-order valence-corrected chi connectivity index (χ3v) is 9.34. The number of fused-ring (bicyclic) bond motifs is 2. The highest BCUT2D eigenvalue weighted by Crippen LogP contribution is 2.54. The summed E-state index contributed by atoms with van der Waals surface area (Å²) in [6, 6.07) is 19.8. The van der Waals surface area contributed by atoms with Gasteiger partial charge in [-0.2, -0.15) is 13.2 Å². The second-order valence-corrected chi connectivity index (χ2v) is 11.7. The first-order chi connectivity index (χ1) is 20.1. The fourth-order valence-corrected chi connectivity index (χ4v) is 7.68. The van der Waals surface area contributed by atoms with Crippen molar-refractivity contribution in [2.24, 2.45) is 5.92 Å². The van der Waals surface area contributed by atoms with Gasteiger partial charge in [-0.3, -0.25) is 19.2 Å². The molecule has 2 N–H and O–H groups in total. The molecule has 0 bridgehead atoms. The van der Waals surface area contributed by atoms with Crippen LogP contribution < -0.4 is 19.8 Å². The maximum absolute atomic E-state index is 13.8. The van der Waals surface area contributed by atoms with Crippen LogP contribution in [0.1, 0.15) is 21.9 Å². The summed E-state index contributed by atoms with van der Waals surface area (Å²) in [6.07, 6.45) is -4.78. The zero-order chi connectivity index (χ0) is 29.6. The molecule has 1 aromatic heterocycles. The molecular formula is C29H20F3N3O5S2. The summed E-state index contributed by atoms with van der Waals surface area (Å²) in [5.41, 5.74) is -0.429. The minimum Gasteiger partial charge on any atom is -0.484 e. The topological polar surface area (TPSA) is 109 Å². The van der Waals surface area contributed by atoms with Gasteiger partial charge in [0.15, 0.2) is 6.61 Å². The van der Waals surface area contributed by atoms with Crippen LogP contribution in [0.15, 0.2) is 88.7 Å². The van der Waals surface area contributed by atoms with Gasteiger partial charge in [-0.1, -0.05) is 65.6 Å². The summed E-state index contributed by atoms with van der Waals surface area (Å²) in [7, 11) is 0. The van der Waals surface area contributed by atoms with Gasteiger partial charge < -0.3 is 15.0 Å². The van der Waals surface area contributed by atoms with E-state index in [0.29, 0.717) is 31.8 Å². The minimum atomic E-state index is -4.78. The smallest absolute Gasteiger partial charge is 0.418 e. The fraction of sp³-hybridized carbons (Fsp3) is 0.172. The summed E-state index contributed by atoms with van der Waals surface area (Å²) in [6.45, 7) is -0.261. The van der Waals surface area contributed by atoms with Crippen molar-refractivity contribution in [3.63, 3.8) is 0 Å². The molecular weight excluding hydrogens is 591 g/mol. The van der Waals surface area contributed by atoms with Crippen LogP contribution in [0, 0.1) is 5.92 Å². The van der Waals surface area contributed by atoms with E-state index in [1.807, 2.05) is 6.07 Å². The Morgan fingerprint density at radius 2 is 1.62 bits per heavy atom. The van der Waals surface area contributed by atoms with Gasteiger partial charge in [0.05, 0.1) is 22.2 Å². The maximum Gasteiger partial charge on any atom is 0.418 e. The average Bonchev–Trinajstić information content (AvgIpc) is 3.46. The van der Waals surface area contributed by atoms with Crippen molar-refractivity contribution >= 4 is 52.2 Å². The van der Waals surface area contributed by atoms with Gasteiger partial charge in [0.25, 0.3) is 5.91 Å². The Morgan fingerprint density at radius 1 is 0.929 bits per heavy atom. The predicted molar refractivity (Wildman–Crippen MR) is 151 cm³/mol. The van der Waals surface area contributed by atoms with E-state index in [1.54, 1.807) is 48.5 Å². The van der Waals surface area contributed by atoms with Crippen molar-refractivity contribution in [3.05, 3.63) is 105 Å². The first-order valence-electron chi connectivity index (χ1n) is 12.6. The number of halogens is 3. The highest BCUT2D eigenvalue weighted by molar-refractivity contribution is 8.00. The number of carbonyl (C=O) groups excluding carboxylic acids is 3. The lowest BCUT2D eigenvalue weighted by Gasteiger charge is -2.29. The van der Waals surface area contributed by atoms with Gasteiger partial charge in [0.2, 0.25) is 11.8 Å². The third kappa shape index (κ3) is 5.09. The number of aromatic amines is 1. The summed E-state index contributed by atoms with van der Waals surface area (Å²) in [5, 5.41) is 2.07. The molecule has 13 heteroatoms. The van der Waals surface area contributed by atoms with E-state index < -0.39 is 46.3 Å². The number of anilines is 2. The first kappa shape index (κ1) is 27.8. The number of rotatable bonds is 6. The molecule has 2 unspecified atom stereocenters. The monoisotopic (exact) mass is 611 g/mol. The SMILES string of the molecule is O=C(COc1ccc([C@H]2c3sc(=O)[nH]c3SC3C(=O)N(c4ccccc4C(F)(F)F)C(=O)C32)cc1)Nc1ccccc1. The molecule has 0 saturated carbocycles. The van der Waals surface area contributed by atoms with E-state index in [0.717, 1.165) is 35.2 Å². The number of thiazole rings is 1. The number of alkyl halides is 3. The van der Waals surface area contributed by atoms with Gasteiger partial charge in [-0.25, -0.2) is 4.90 Å². The summed E-state index contributed by atoms with van der Waals surface area (Å²) < 4.78 is 47.0. The molecule has 1 fully saturated rings. The molecule has 8 nitrogen and oxygen atoms in total. The average molecular weight is 612 g/mol. The van der Waals surface area contributed by atoms with Crippen LogP contribution >= 0.6 is 23.1 Å². The number of benzene rings is 3. The number of imide groups is 1. The fourth-order valence-electron chi connectivity index (χ4n) is 5.16. The van der Waals surface area contributed by atoms with Crippen LogP contribution in [0.25, 0.3) is 0 Å². The highest BCUT2D eigenvalue weighted by Gasteiger charge is 2.57. The van der Waals surface area contributed by atoms with Crippen LogP contribution in [0.4, 0.5) is 24.5 Å². The number of nitrogens with zero attached hydrogens (tertiary/aromatic N) is 1. The van der Waals surface area contributed by atoms with Crippen LogP contribution in [0.3, 0.4) is 0 Å². The number of para-hydroxylation sites is 2.